The van der Waals surface area contributed by atoms with Gasteiger partial charge < -0.3 is 5.32 Å². The van der Waals surface area contributed by atoms with Crippen molar-refractivity contribution < 1.29 is 0 Å². The summed E-state index contributed by atoms with van der Waals surface area (Å²) in [6.45, 7) is 7.40. The zero-order valence-electron chi connectivity index (χ0n) is 12.2. The second-order valence-electron chi connectivity index (χ2n) is 5.15. The van der Waals surface area contributed by atoms with Gasteiger partial charge in [-0.15, -0.1) is 11.3 Å². The molecule has 1 heterocycles. The number of hydrogen-bond acceptors (Lipinski definition) is 3. The van der Waals surface area contributed by atoms with Crippen LogP contribution in [-0.4, -0.2) is 11.0 Å². The van der Waals surface area contributed by atoms with Crippen LogP contribution in [0.2, 0.25) is 5.02 Å². The SMILES string of the molecule is CCCc1nc(-c2ccccc2Cl)sc1CNC(C)C. The van der Waals surface area contributed by atoms with E-state index < -0.39 is 0 Å². The number of aromatic nitrogens is 1. The molecule has 0 unspecified atom stereocenters. The van der Waals surface area contributed by atoms with Crippen molar-refractivity contribution in [1.29, 1.82) is 0 Å². The van der Waals surface area contributed by atoms with Gasteiger partial charge >= 0.3 is 0 Å². The fourth-order valence-corrected chi connectivity index (χ4v) is 3.38. The first kappa shape index (κ1) is 15.5. The smallest absolute Gasteiger partial charge is 0.125 e. The standard InChI is InChI=1S/C16H21ClN2S/c1-4-7-14-15(10-18-11(2)3)20-16(19-14)12-8-5-6-9-13(12)17/h5-6,8-9,11,18H,4,7,10H2,1-3H3. The lowest BCUT2D eigenvalue weighted by Crippen LogP contribution is -2.21. The highest BCUT2D eigenvalue weighted by Crippen LogP contribution is 2.33. The van der Waals surface area contributed by atoms with Gasteiger partial charge in [-0.2, -0.15) is 0 Å². The number of nitrogens with one attached hydrogen (secondary N) is 1. The lowest BCUT2D eigenvalue weighted by Gasteiger charge is -2.07. The first-order valence-electron chi connectivity index (χ1n) is 7.08. The zero-order chi connectivity index (χ0) is 14.5. The lowest BCUT2D eigenvalue weighted by molar-refractivity contribution is 0.589. The molecule has 0 amide bonds. The maximum atomic E-state index is 6.28. The first-order valence-corrected chi connectivity index (χ1v) is 8.28. The maximum absolute atomic E-state index is 6.28. The minimum absolute atomic E-state index is 0.482. The maximum Gasteiger partial charge on any atom is 0.125 e. The molecule has 0 aliphatic rings. The molecule has 0 fully saturated rings. The minimum Gasteiger partial charge on any atom is -0.310 e. The van der Waals surface area contributed by atoms with Crippen LogP contribution in [0.15, 0.2) is 24.3 Å². The summed E-state index contributed by atoms with van der Waals surface area (Å²) >= 11 is 8.03. The van der Waals surface area contributed by atoms with Crippen LogP contribution in [0.1, 0.15) is 37.8 Å². The Bertz CT molecular complexity index is 563. The highest BCUT2D eigenvalue weighted by Gasteiger charge is 2.13. The van der Waals surface area contributed by atoms with Gasteiger partial charge in [-0.05, 0) is 12.5 Å². The van der Waals surface area contributed by atoms with Gasteiger partial charge in [0.05, 0.1) is 10.7 Å². The van der Waals surface area contributed by atoms with Crippen LogP contribution in [0.25, 0.3) is 10.6 Å². The van der Waals surface area contributed by atoms with Crippen LogP contribution in [0, 0.1) is 0 Å². The summed E-state index contributed by atoms with van der Waals surface area (Å²) in [5, 5.41) is 5.28. The second kappa shape index (κ2) is 7.21. The summed E-state index contributed by atoms with van der Waals surface area (Å²) < 4.78 is 0. The van der Waals surface area contributed by atoms with Crippen molar-refractivity contribution >= 4 is 22.9 Å². The highest BCUT2D eigenvalue weighted by molar-refractivity contribution is 7.15. The van der Waals surface area contributed by atoms with E-state index in [1.165, 1.54) is 10.6 Å². The van der Waals surface area contributed by atoms with Gasteiger partial charge in [0.2, 0.25) is 0 Å². The van der Waals surface area contributed by atoms with Crippen molar-refractivity contribution in [1.82, 2.24) is 10.3 Å². The number of thiazole rings is 1. The summed E-state index contributed by atoms with van der Waals surface area (Å²) in [5.74, 6) is 0. The van der Waals surface area contributed by atoms with Crippen molar-refractivity contribution in [3.63, 3.8) is 0 Å². The molecule has 4 heteroatoms. The molecule has 1 N–H and O–H groups in total. The molecular formula is C16H21ClN2S. The van der Waals surface area contributed by atoms with E-state index in [4.69, 9.17) is 16.6 Å². The van der Waals surface area contributed by atoms with Gasteiger partial charge in [0.1, 0.15) is 5.01 Å². The minimum atomic E-state index is 0.482. The monoisotopic (exact) mass is 308 g/mol. The Hall–Kier alpha value is -0.900. The number of hydrogen-bond donors (Lipinski definition) is 1. The fraction of sp³-hybridized carbons (Fsp3) is 0.438. The van der Waals surface area contributed by atoms with Gasteiger partial charge in [-0.1, -0.05) is 57.0 Å². The zero-order valence-corrected chi connectivity index (χ0v) is 13.8. The van der Waals surface area contributed by atoms with Crippen LogP contribution in [0.5, 0.6) is 0 Å². The molecule has 0 spiro atoms. The Morgan fingerprint density at radius 2 is 2.05 bits per heavy atom. The Balaban J connectivity index is 2.31. The number of nitrogens with zero attached hydrogens (tertiary/aromatic N) is 1. The summed E-state index contributed by atoms with van der Waals surface area (Å²) in [6.07, 6.45) is 2.14. The van der Waals surface area contributed by atoms with E-state index in [-0.39, 0.29) is 0 Å². The molecule has 0 aliphatic carbocycles. The summed E-state index contributed by atoms with van der Waals surface area (Å²) in [7, 11) is 0. The normalized spacial score (nSPS) is 11.2. The first-order chi connectivity index (χ1) is 9.61. The topological polar surface area (TPSA) is 24.9 Å². The third-order valence-corrected chi connectivity index (χ3v) is 4.50. The van der Waals surface area contributed by atoms with E-state index in [0.717, 1.165) is 35.0 Å². The number of benzene rings is 1. The van der Waals surface area contributed by atoms with Crippen LogP contribution >= 0.6 is 22.9 Å². The molecule has 0 radical (unpaired) electrons. The Kier molecular flexibility index (Phi) is 5.58. The fourth-order valence-electron chi connectivity index (χ4n) is 2.00. The van der Waals surface area contributed by atoms with Crippen LogP contribution in [-0.2, 0) is 13.0 Å². The third-order valence-electron chi connectivity index (χ3n) is 3.04. The largest absolute Gasteiger partial charge is 0.310 e. The Labute approximate surface area is 130 Å². The summed E-state index contributed by atoms with van der Waals surface area (Å²) in [6, 6.07) is 8.40. The number of aryl methyl sites for hydroxylation is 1. The van der Waals surface area contributed by atoms with Crippen LogP contribution in [0.3, 0.4) is 0 Å². The van der Waals surface area contributed by atoms with Gasteiger partial charge in [0.25, 0.3) is 0 Å². The molecule has 0 atom stereocenters. The molecule has 0 bridgehead atoms. The Morgan fingerprint density at radius 1 is 1.30 bits per heavy atom. The van der Waals surface area contributed by atoms with Crippen LogP contribution < -0.4 is 5.32 Å². The Morgan fingerprint density at radius 3 is 2.70 bits per heavy atom. The molecule has 20 heavy (non-hydrogen) atoms. The molecular weight excluding hydrogens is 288 g/mol. The molecule has 0 aliphatic heterocycles. The summed E-state index contributed by atoms with van der Waals surface area (Å²) in [4.78, 5) is 6.13. The van der Waals surface area contributed by atoms with E-state index in [1.807, 2.05) is 24.3 Å². The molecule has 0 saturated heterocycles. The van der Waals surface area contributed by atoms with Gasteiger partial charge in [-0.3, -0.25) is 0 Å². The van der Waals surface area contributed by atoms with Crippen LogP contribution in [0.4, 0.5) is 0 Å². The average molecular weight is 309 g/mol. The molecule has 1 aromatic heterocycles. The molecule has 1 aromatic carbocycles. The quantitative estimate of drug-likeness (QED) is 0.819. The van der Waals surface area contributed by atoms with Crippen molar-refractivity contribution in [2.75, 3.05) is 0 Å². The van der Waals surface area contributed by atoms with Crippen molar-refractivity contribution in [2.24, 2.45) is 0 Å². The van der Waals surface area contributed by atoms with Gasteiger partial charge in [0, 0.05) is 23.0 Å². The summed E-state index contributed by atoms with van der Waals surface area (Å²) in [5.41, 5.74) is 2.24. The molecule has 0 saturated carbocycles. The number of rotatable bonds is 6. The second-order valence-corrected chi connectivity index (χ2v) is 6.65. The van der Waals surface area contributed by atoms with E-state index in [1.54, 1.807) is 11.3 Å². The van der Waals surface area contributed by atoms with Gasteiger partial charge in [-0.25, -0.2) is 4.98 Å². The van der Waals surface area contributed by atoms with E-state index in [2.05, 4.69) is 26.1 Å². The molecule has 2 aromatic rings. The van der Waals surface area contributed by atoms with Crippen molar-refractivity contribution in [3.8, 4) is 10.6 Å². The lowest BCUT2D eigenvalue weighted by atomic mass is 10.2. The van der Waals surface area contributed by atoms with Crippen molar-refractivity contribution in [3.05, 3.63) is 39.9 Å². The van der Waals surface area contributed by atoms with Gasteiger partial charge in [0.15, 0.2) is 0 Å². The number of halogens is 1. The predicted molar refractivity (Wildman–Crippen MR) is 88.5 cm³/mol. The molecule has 2 nitrogen and oxygen atoms in total. The van der Waals surface area contributed by atoms with E-state index >= 15 is 0 Å². The third kappa shape index (κ3) is 3.81. The highest BCUT2D eigenvalue weighted by atomic mass is 35.5. The average Bonchev–Trinajstić information content (AvgIpc) is 2.80. The predicted octanol–water partition coefficient (Wildman–Crippen LogP) is 4.91. The van der Waals surface area contributed by atoms with E-state index in [0.29, 0.717) is 6.04 Å². The molecule has 108 valence electrons. The molecule has 2 rings (SSSR count). The van der Waals surface area contributed by atoms with Crippen molar-refractivity contribution in [2.45, 2.75) is 46.2 Å². The van der Waals surface area contributed by atoms with E-state index in [9.17, 15) is 0 Å².